The number of nitrogens with zero attached hydrogens (tertiary/aromatic N) is 2. The van der Waals surface area contributed by atoms with Gasteiger partial charge in [0.25, 0.3) is 5.56 Å². The summed E-state index contributed by atoms with van der Waals surface area (Å²) in [4.78, 5) is 26.9. The molecule has 1 saturated heterocycles. The lowest BCUT2D eigenvalue weighted by atomic mass is 10.2. The number of aromatic nitrogens is 3. The van der Waals surface area contributed by atoms with E-state index < -0.39 is 0 Å². The highest BCUT2D eigenvalue weighted by molar-refractivity contribution is 5.76. The molecule has 0 aliphatic carbocycles. The Morgan fingerprint density at radius 3 is 2.75 bits per heavy atom. The Bertz CT molecular complexity index is 842. The lowest BCUT2D eigenvalue weighted by Gasteiger charge is -2.10. The van der Waals surface area contributed by atoms with E-state index in [9.17, 15) is 9.59 Å². The number of aromatic amines is 1. The Morgan fingerprint density at radius 1 is 1.32 bits per heavy atom. The minimum atomic E-state index is -0.334. The molecular weight excluding hydrogens is 360 g/mol. The number of ether oxygens (including phenoxy) is 2. The van der Waals surface area contributed by atoms with E-state index in [0.717, 1.165) is 30.8 Å². The number of nitrogens with one attached hydrogen (secondary N) is 2. The van der Waals surface area contributed by atoms with Gasteiger partial charge in [-0.3, -0.25) is 9.59 Å². The van der Waals surface area contributed by atoms with Crippen LogP contribution in [0.4, 0.5) is 0 Å². The predicted octanol–water partition coefficient (Wildman–Crippen LogP) is 1.85. The molecule has 1 aromatic carbocycles. The summed E-state index contributed by atoms with van der Waals surface area (Å²) in [5, 5.41) is 10.9. The Hall–Kier alpha value is -2.74. The maximum Gasteiger partial charge on any atom is 0.273 e. The van der Waals surface area contributed by atoms with Crippen molar-refractivity contribution in [2.24, 2.45) is 0 Å². The summed E-state index contributed by atoms with van der Waals surface area (Å²) in [6.45, 7) is 5.18. The highest BCUT2D eigenvalue weighted by Gasteiger charge is 2.16. The van der Waals surface area contributed by atoms with Gasteiger partial charge in [-0.25, -0.2) is 0 Å². The van der Waals surface area contributed by atoms with Crippen LogP contribution in [0.25, 0.3) is 11.4 Å². The molecule has 1 aromatic heterocycles. The molecule has 0 radical (unpaired) electrons. The van der Waals surface area contributed by atoms with Crippen molar-refractivity contribution in [1.29, 1.82) is 0 Å². The average molecular weight is 386 g/mol. The topological polar surface area (TPSA) is 106 Å². The SMILES string of the molecule is CC(C)Oc1ccc(-c2nnc(CCC(=O)NC[C@@H]3CCCO3)c(=O)[nH]2)cc1. The fourth-order valence-corrected chi connectivity index (χ4v) is 2.97. The molecule has 1 fully saturated rings. The van der Waals surface area contributed by atoms with Gasteiger partial charge in [-0.15, -0.1) is 10.2 Å². The minimum absolute atomic E-state index is 0.0904. The number of benzene rings is 1. The van der Waals surface area contributed by atoms with Crippen LogP contribution in [0, 0.1) is 0 Å². The molecule has 2 heterocycles. The summed E-state index contributed by atoms with van der Waals surface area (Å²) in [5.41, 5.74) is 0.650. The lowest BCUT2D eigenvalue weighted by molar-refractivity contribution is -0.121. The zero-order valence-electron chi connectivity index (χ0n) is 16.2. The molecule has 150 valence electrons. The number of hydrogen-bond acceptors (Lipinski definition) is 6. The molecule has 0 bridgehead atoms. The zero-order chi connectivity index (χ0) is 19.9. The van der Waals surface area contributed by atoms with Gasteiger partial charge in [0.15, 0.2) is 5.82 Å². The average Bonchev–Trinajstić information content (AvgIpc) is 3.19. The van der Waals surface area contributed by atoms with Gasteiger partial charge in [-0.05, 0) is 51.0 Å². The number of rotatable bonds is 8. The van der Waals surface area contributed by atoms with Crippen LogP contribution < -0.4 is 15.6 Å². The van der Waals surface area contributed by atoms with Gasteiger partial charge in [0.2, 0.25) is 5.91 Å². The first-order valence-corrected chi connectivity index (χ1v) is 9.62. The van der Waals surface area contributed by atoms with Crippen LogP contribution in [0.3, 0.4) is 0 Å². The van der Waals surface area contributed by atoms with Crippen molar-refractivity contribution in [2.75, 3.05) is 13.2 Å². The second kappa shape index (κ2) is 9.45. The van der Waals surface area contributed by atoms with Crippen LogP contribution in [0.1, 0.15) is 38.8 Å². The van der Waals surface area contributed by atoms with E-state index in [0.29, 0.717) is 12.4 Å². The molecule has 28 heavy (non-hydrogen) atoms. The maximum atomic E-state index is 12.3. The van der Waals surface area contributed by atoms with Crippen LogP contribution in [-0.2, 0) is 16.0 Å². The van der Waals surface area contributed by atoms with Gasteiger partial charge in [0.05, 0.1) is 12.2 Å². The van der Waals surface area contributed by atoms with Gasteiger partial charge in [0, 0.05) is 31.6 Å². The first kappa shape index (κ1) is 20.0. The van der Waals surface area contributed by atoms with E-state index in [2.05, 4.69) is 20.5 Å². The normalized spacial score (nSPS) is 16.3. The smallest absolute Gasteiger partial charge is 0.273 e. The second-order valence-electron chi connectivity index (χ2n) is 7.08. The highest BCUT2D eigenvalue weighted by Crippen LogP contribution is 2.19. The molecule has 3 rings (SSSR count). The van der Waals surface area contributed by atoms with Crippen LogP contribution in [0.5, 0.6) is 5.75 Å². The van der Waals surface area contributed by atoms with Gasteiger partial charge in [-0.2, -0.15) is 0 Å². The molecule has 1 amide bonds. The predicted molar refractivity (Wildman–Crippen MR) is 104 cm³/mol. The fraction of sp³-hybridized carbons (Fsp3) is 0.500. The quantitative estimate of drug-likeness (QED) is 0.717. The number of H-pyrrole nitrogens is 1. The molecule has 8 nitrogen and oxygen atoms in total. The number of carbonyl (C=O) groups is 1. The van der Waals surface area contributed by atoms with Gasteiger partial charge in [0.1, 0.15) is 11.4 Å². The van der Waals surface area contributed by atoms with Crippen molar-refractivity contribution in [3.05, 3.63) is 40.3 Å². The number of hydrogen-bond donors (Lipinski definition) is 2. The molecule has 1 aliphatic heterocycles. The van der Waals surface area contributed by atoms with Crippen molar-refractivity contribution in [2.45, 2.75) is 51.7 Å². The third-order valence-corrected chi connectivity index (χ3v) is 4.40. The van der Waals surface area contributed by atoms with Gasteiger partial charge >= 0.3 is 0 Å². The molecule has 0 unspecified atom stereocenters. The van der Waals surface area contributed by atoms with E-state index in [1.807, 2.05) is 38.1 Å². The molecule has 1 atom stereocenters. The third kappa shape index (κ3) is 5.63. The third-order valence-electron chi connectivity index (χ3n) is 4.40. The molecule has 2 aromatic rings. The van der Waals surface area contributed by atoms with E-state index in [4.69, 9.17) is 9.47 Å². The first-order chi connectivity index (χ1) is 13.5. The Kier molecular flexibility index (Phi) is 6.76. The lowest BCUT2D eigenvalue weighted by Crippen LogP contribution is -2.32. The largest absolute Gasteiger partial charge is 0.491 e. The number of aryl methyl sites for hydroxylation is 1. The van der Waals surface area contributed by atoms with Crippen molar-refractivity contribution < 1.29 is 14.3 Å². The molecule has 1 aliphatic rings. The molecule has 0 saturated carbocycles. The number of amides is 1. The second-order valence-corrected chi connectivity index (χ2v) is 7.08. The minimum Gasteiger partial charge on any atom is -0.491 e. The molecule has 2 N–H and O–H groups in total. The monoisotopic (exact) mass is 386 g/mol. The van der Waals surface area contributed by atoms with Crippen LogP contribution >= 0.6 is 0 Å². The van der Waals surface area contributed by atoms with E-state index >= 15 is 0 Å². The summed E-state index contributed by atoms with van der Waals surface area (Å²) in [5.74, 6) is 1.01. The Balaban J connectivity index is 1.54. The highest BCUT2D eigenvalue weighted by atomic mass is 16.5. The molecule has 0 spiro atoms. The van der Waals surface area contributed by atoms with E-state index in [1.165, 1.54) is 0 Å². The zero-order valence-corrected chi connectivity index (χ0v) is 16.2. The summed E-state index contributed by atoms with van der Waals surface area (Å²) in [6.07, 6.45) is 2.62. The van der Waals surface area contributed by atoms with Crippen LogP contribution in [0.15, 0.2) is 29.1 Å². The number of carbonyl (C=O) groups excluding carboxylic acids is 1. The summed E-state index contributed by atoms with van der Waals surface area (Å²) >= 11 is 0. The molecule has 8 heteroatoms. The summed E-state index contributed by atoms with van der Waals surface area (Å²) < 4.78 is 11.1. The van der Waals surface area contributed by atoms with Gasteiger partial charge < -0.3 is 19.8 Å². The van der Waals surface area contributed by atoms with Crippen LogP contribution in [0.2, 0.25) is 0 Å². The Morgan fingerprint density at radius 2 is 2.11 bits per heavy atom. The summed E-state index contributed by atoms with van der Waals surface area (Å²) in [6, 6.07) is 7.27. The van der Waals surface area contributed by atoms with Crippen LogP contribution in [-0.4, -0.2) is 46.4 Å². The van der Waals surface area contributed by atoms with Crippen molar-refractivity contribution in [1.82, 2.24) is 20.5 Å². The van der Waals surface area contributed by atoms with E-state index in [-0.39, 0.29) is 42.2 Å². The van der Waals surface area contributed by atoms with Crippen molar-refractivity contribution in [3.8, 4) is 17.1 Å². The van der Waals surface area contributed by atoms with Crippen molar-refractivity contribution >= 4 is 5.91 Å². The Labute approximate surface area is 163 Å². The maximum absolute atomic E-state index is 12.3. The first-order valence-electron chi connectivity index (χ1n) is 9.62. The summed E-state index contributed by atoms with van der Waals surface area (Å²) in [7, 11) is 0. The van der Waals surface area contributed by atoms with Crippen molar-refractivity contribution in [3.63, 3.8) is 0 Å². The van der Waals surface area contributed by atoms with Gasteiger partial charge in [-0.1, -0.05) is 0 Å². The molecular formula is C20H26N4O4. The fourth-order valence-electron chi connectivity index (χ4n) is 2.97. The van der Waals surface area contributed by atoms with E-state index in [1.54, 1.807) is 0 Å². The standard InChI is InChI=1S/C20H26N4O4/c1-13(2)28-15-7-5-14(6-8-15)19-22-20(26)17(23-24-19)9-10-18(25)21-12-16-4-3-11-27-16/h5-8,13,16H,3-4,9-12H2,1-2H3,(H,21,25)(H,22,24,26)/t16-/m0/s1.